The van der Waals surface area contributed by atoms with Crippen LogP contribution in [0.1, 0.15) is 27.8 Å². The minimum absolute atomic E-state index is 0.572. The number of benzene rings is 8. The van der Waals surface area contributed by atoms with Crippen LogP contribution in [0.15, 0.2) is 170 Å². The van der Waals surface area contributed by atoms with Gasteiger partial charge in [-0.25, -0.2) is 0 Å². The molecule has 1 spiro atoms. The van der Waals surface area contributed by atoms with Gasteiger partial charge in [0.05, 0.1) is 21.5 Å². The van der Waals surface area contributed by atoms with Gasteiger partial charge in [-0.2, -0.15) is 0 Å². The van der Waals surface area contributed by atoms with Crippen LogP contribution in [-0.4, -0.2) is 0 Å². The van der Waals surface area contributed by atoms with E-state index in [0.717, 1.165) is 16.9 Å². The van der Waals surface area contributed by atoms with Crippen molar-refractivity contribution < 1.29 is 4.74 Å². The zero-order valence-corrected chi connectivity index (χ0v) is 28.7. The Balaban J connectivity index is 1.28. The minimum Gasteiger partial charge on any atom is -0.456 e. The lowest BCUT2D eigenvalue weighted by Crippen LogP contribution is -2.32. The summed E-state index contributed by atoms with van der Waals surface area (Å²) in [6.45, 7) is 2.22. The molecule has 51 heavy (non-hydrogen) atoms. The Morgan fingerprint density at radius 3 is 2.08 bits per heavy atom. The lowest BCUT2D eigenvalue weighted by atomic mass is 9.65. The molecule has 11 rings (SSSR count). The zero-order chi connectivity index (χ0) is 33.7. The maximum atomic E-state index is 6.91. The fourth-order valence-electron chi connectivity index (χ4n) is 8.96. The van der Waals surface area contributed by atoms with Crippen LogP contribution in [-0.2, 0) is 5.41 Å². The highest BCUT2D eigenvalue weighted by molar-refractivity contribution is 7.26. The molecule has 0 N–H and O–H groups in total. The third kappa shape index (κ3) is 3.81. The number of nitrogens with zero attached hydrogens (tertiary/aromatic N) is 1. The molecule has 2 nitrogen and oxygen atoms in total. The van der Waals surface area contributed by atoms with Gasteiger partial charge in [-0.1, -0.05) is 140 Å². The molecule has 1 aliphatic carbocycles. The van der Waals surface area contributed by atoms with Crippen LogP contribution in [0.3, 0.4) is 0 Å². The highest BCUT2D eigenvalue weighted by atomic mass is 32.1. The van der Waals surface area contributed by atoms with Crippen LogP contribution in [0.25, 0.3) is 42.1 Å². The first-order valence-electron chi connectivity index (χ1n) is 17.5. The minimum atomic E-state index is -0.572. The molecule has 1 aromatic heterocycles. The van der Waals surface area contributed by atoms with Gasteiger partial charge in [0.15, 0.2) is 0 Å². The van der Waals surface area contributed by atoms with Crippen LogP contribution in [0.2, 0.25) is 0 Å². The number of hydrogen-bond donors (Lipinski definition) is 0. The van der Waals surface area contributed by atoms with E-state index in [1.54, 1.807) is 0 Å². The molecule has 9 aromatic rings. The van der Waals surface area contributed by atoms with Crippen molar-refractivity contribution in [2.45, 2.75) is 12.3 Å². The fraction of sp³-hybridized carbons (Fsp3) is 0.0417. The lowest BCUT2D eigenvalue weighted by Gasteiger charge is -2.40. The average Bonchev–Trinajstić information content (AvgIpc) is 3.71. The second kappa shape index (κ2) is 10.7. The molecule has 0 saturated carbocycles. The van der Waals surface area contributed by atoms with E-state index >= 15 is 0 Å². The lowest BCUT2D eigenvalue weighted by molar-refractivity contribution is 0.441. The van der Waals surface area contributed by atoms with Gasteiger partial charge in [0.2, 0.25) is 0 Å². The SMILES string of the molecule is Cc1ccccc1N(c1cccc2c1-c1ccccc1C21c2ccccc2Oc2c1ccc1ccccc21)c1cccc2c1sc1ccccc12. The number of para-hydroxylation sites is 2. The maximum Gasteiger partial charge on any atom is 0.140 e. The van der Waals surface area contributed by atoms with Gasteiger partial charge in [-0.05, 0) is 64.9 Å². The second-order valence-electron chi connectivity index (χ2n) is 13.6. The summed E-state index contributed by atoms with van der Waals surface area (Å²) < 4.78 is 9.49. The summed E-state index contributed by atoms with van der Waals surface area (Å²) in [6, 6.07) is 62.1. The number of aryl methyl sites for hydroxylation is 1. The summed E-state index contributed by atoms with van der Waals surface area (Å²) in [7, 11) is 0. The summed E-state index contributed by atoms with van der Waals surface area (Å²) in [5, 5.41) is 4.89. The molecule has 1 atom stereocenters. The summed E-state index contributed by atoms with van der Waals surface area (Å²) in [6.07, 6.45) is 0. The molecule has 0 saturated heterocycles. The van der Waals surface area contributed by atoms with Crippen molar-refractivity contribution in [1.29, 1.82) is 0 Å². The first-order chi connectivity index (χ1) is 25.2. The van der Waals surface area contributed by atoms with Crippen molar-refractivity contribution in [3.8, 4) is 22.6 Å². The number of rotatable bonds is 3. The van der Waals surface area contributed by atoms with Crippen molar-refractivity contribution in [1.82, 2.24) is 0 Å². The summed E-state index contributed by atoms with van der Waals surface area (Å²) in [5.41, 5.74) is 11.6. The molecule has 0 bridgehead atoms. The van der Waals surface area contributed by atoms with Gasteiger partial charge in [-0.3, -0.25) is 0 Å². The molecule has 0 amide bonds. The molecule has 3 heteroatoms. The Kier molecular flexibility index (Phi) is 5.99. The number of hydrogen-bond acceptors (Lipinski definition) is 3. The first-order valence-corrected chi connectivity index (χ1v) is 18.3. The van der Waals surface area contributed by atoms with Crippen molar-refractivity contribution in [3.05, 3.63) is 198 Å². The fourth-order valence-corrected chi connectivity index (χ4v) is 10.2. The Morgan fingerprint density at radius 1 is 0.490 bits per heavy atom. The number of ether oxygens (including phenoxy) is 1. The third-order valence-corrected chi connectivity index (χ3v) is 12.3. The molecule has 0 radical (unpaired) electrons. The Bertz CT molecular complexity index is 2880. The van der Waals surface area contributed by atoms with Gasteiger partial charge < -0.3 is 9.64 Å². The van der Waals surface area contributed by atoms with Crippen LogP contribution in [0.5, 0.6) is 11.5 Å². The molecular weight excluding hydrogens is 639 g/mol. The van der Waals surface area contributed by atoms with Crippen molar-refractivity contribution >= 4 is 59.3 Å². The van der Waals surface area contributed by atoms with Crippen LogP contribution in [0.4, 0.5) is 17.1 Å². The highest BCUT2D eigenvalue weighted by Crippen LogP contribution is 2.65. The monoisotopic (exact) mass is 669 g/mol. The third-order valence-electron chi connectivity index (χ3n) is 11.1. The van der Waals surface area contributed by atoms with Crippen molar-refractivity contribution in [2.24, 2.45) is 0 Å². The van der Waals surface area contributed by atoms with E-state index in [1.165, 1.54) is 81.6 Å². The predicted octanol–water partition coefficient (Wildman–Crippen LogP) is 13.5. The summed E-state index contributed by atoms with van der Waals surface area (Å²) in [4.78, 5) is 2.52. The molecule has 0 fully saturated rings. The molecule has 1 unspecified atom stereocenters. The molecular formula is C48H31NOS. The number of fused-ring (bicyclic) bond motifs is 14. The van der Waals surface area contributed by atoms with Gasteiger partial charge in [0.1, 0.15) is 11.5 Å². The van der Waals surface area contributed by atoms with Gasteiger partial charge in [0.25, 0.3) is 0 Å². The number of thiophene rings is 1. The van der Waals surface area contributed by atoms with Gasteiger partial charge >= 0.3 is 0 Å². The van der Waals surface area contributed by atoms with E-state index in [2.05, 4.69) is 182 Å². The largest absolute Gasteiger partial charge is 0.456 e. The van der Waals surface area contributed by atoms with Gasteiger partial charge in [-0.15, -0.1) is 11.3 Å². The Hall–Kier alpha value is -6.16. The normalized spacial score (nSPS) is 15.4. The van der Waals surface area contributed by atoms with E-state index in [-0.39, 0.29) is 0 Å². The van der Waals surface area contributed by atoms with Crippen LogP contribution < -0.4 is 9.64 Å². The molecule has 2 aliphatic rings. The molecule has 1 aliphatic heterocycles. The summed E-state index contributed by atoms with van der Waals surface area (Å²) in [5.74, 6) is 1.84. The highest BCUT2D eigenvalue weighted by Gasteiger charge is 2.52. The standard InChI is InChI=1S/C48H31NOS/c1-30-14-2-9-23-40(30)49(42-25-12-19-34-33-17-6-11-27-44(33)51-47(34)42)41-24-13-22-38-45(41)35-18-5-7-20-36(35)48(38)37-21-8-10-26-43(37)50-46-32-16-4-3-15-31(32)28-29-39(46)48/h2-29H,1H3. The van der Waals surface area contributed by atoms with Crippen LogP contribution >= 0.6 is 11.3 Å². The molecule has 240 valence electrons. The predicted molar refractivity (Wildman–Crippen MR) is 214 cm³/mol. The van der Waals surface area contributed by atoms with E-state index in [1.807, 2.05) is 11.3 Å². The van der Waals surface area contributed by atoms with E-state index in [0.29, 0.717) is 0 Å². The average molecular weight is 670 g/mol. The molecule has 8 aromatic carbocycles. The zero-order valence-electron chi connectivity index (χ0n) is 27.9. The van der Waals surface area contributed by atoms with Crippen molar-refractivity contribution in [2.75, 3.05) is 4.90 Å². The van der Waals surface area contributed by atoms with E-state index in [9.17, 15) is 0 Å². The maximum absolute atomic E-state index is 6.91. The smallest absolute Gasteiger partial charge is 0.140 e. The Morgan fingerprint density at radius 2 is 1.16 bits per heavy atom. The van der Waals surface area contributed by atoms with E-state index in [4.69, 9.17) is 4.74 Å². The second-order valence-corrected chi connectivity index (χ2v) is 14.7. The van der Waals surface area contributed by atoms with Crippen molar-refractivity contribution in [3.63, 3.8) is 0 Å². The topological polar surface area (TPSA) is 12.5 Å². The Labute approximate surface area is 300 Å². The first kappa shape index (κ1) is 28.7. The van der Waals surface area contributed by atoms with Crippen LogP contribution in [0, 0.1) is 6.92 Å². The molecule has 2 heterocycles. The quantitative estimate of drug-likeness (QED) is 0.186. The van der Waals surface area contributed by atoms with E-state index < -0.39 is 5.41 Å². The number of anilines is 3. The summed E-state index contributed by atoms with van der Waals surface area (Å²) >= 11 is 1.88. The van der Waals surface area contributed by atoms with Gasteiger partial charge in [0, 0.05) is 43.2 Å².